The molecule has 0 aromatic carbocycles. The van der Waals surface area contributed by atoms with E-state index in [4.69, 9.17) is 4.84 Å². The molecule has 0 aromatic rings. The van der Waals surface area contributed by atoms with Gasteiger partial charge in [0.15, 0.2) is 0 Å². The molecule has 4 amide bonds. The first-order chi connectivity index (χ1) is 11.9. The minimum Gasteiger partial charge on any atom is -0.330 e. The first-order valence-electron chi connectivity index (χ1n) is 8.54. The van der Waals surface area contributed by atoms with Gasteiger partial charge in [-0.25, -0.2) is 4.79 Å². The van der Waals surface area contributed by atoms with Crippen LogP contribution in [0, 0.1) is 11.8 Å². The quantitative estimate of drug-likeness (QED) is 0.679. The largest absolute Gasteiger partial charge is 0.333 e. The summed E-state index contributed by atoms with van der Waals surface area (Å²) < 4.78 is 0. The molecule has 0 spiro atoms. The lowest BCUT2D eigenvalue weighted by atomic mass is 9.80. The van der Waals surface area contributed by atoms with Crippen LogP contribution in [0.15, 0.2) is 12.2 Å². The molecular weight excluding hydrogens is 328 g/mol. The standard InChI is InChI=1S/C17H20N2O6/c20-13-5-6-14(21)18(13)10-12-3-1-11(2-4-12)9-17(24)25-19-15(22)7-8-16(19)23/h5-6,11-12H,1-4,7-10H2. The van der Waals surface area contributed by atoms with E-state index in [0.29, 0.717) is 11.6 Å². The molecule has 25 heavy (non-hydrogen) atoms. The van der Waals surface area contributed by atoms with Crippen LogP contribution in [0.1, 0.15) is 44.9 Å². The summed E-state index contributed by atoms with van der Waals surface area (Å²) >= 11 is 0. The highest BCUT2D eigenvalue weighted by Crippen LogP contribution is 2.32. The van der Waals surface area contributed by atoms with Gasteiger partial charge in [0.25, 0.3) is 23.6 Å². The van der Waals surface area contributed by atoms with E-state index in [1.54, 1.807) is 0 Å². The van der Waals surface area contributed by atoms with Crippen molar-refractivity contribution in [3.63, 3.8) is 0 Å². The number of imide groups is 2. The van der Waals surface area contributed by atoms with Crippen LogP contribution in [0.4, 0.5) is 0 Å². The molecule has 1 aliphatic carbocycles. The normalized spacial score (nSPS) is 26.7. The smallest absolute Gasteiger partial charge is 0.330 e. The van der Waals surface area contributed by atoms with Crippen molar-refractivity contribution in [3.8, 4) is 0 Å². The number of carbonyl (C=O) groups is 5. The van der Waals surface area contributed by atoms with Crippen LogP contribution in [-0.2, 0) is 28.8 Å². The van der Waals surface area contributed by atoms with E-state index in [9.17, 15) is 24.0 Å². The monoisotopic (exact) mass is 348 g/mol. The number of hydrogen-bond donors (Lipinski definition) is 0. The van der Waals surface area contributed by atoms with Gasteiger partial charge in [-0.2, -0.15) is 0 Å². The zero-order chi connectivity index (χ0) is 18.0. The third kappa shape index (κ3) is 3.94. The highest BCUT2D eigenvalue weighted by molar-refractivity contribution is 6.12. The SMILES string of the molecule is O=C(CC1CCC(CN2C(=O)C=CC2=O)CC1)ON1C(=O)CCC1=O. The van der Waals surface area contributed by atoms with Gasteiger partial charge in [-0.05, 0) is 37.5 Å². The van der Waals surface area contributed by atoms with Crippen LogP contribution in [0.5, 0.6) is 0 Å². The summed E-state index contributed by atoms with van der Waals surface area (Å²) in [5.74, 6) is -1.69. The number of nitrogens with zero attached hydrogens (tertiary/aromatic N) is 2. The Morgan fingerprint density at radius 3 is 2.00 bits per heavy atom. The molecule has 1 saturated heterocycles. The Morgan fingerprint density at radius 2 is 1.44 bits per heavy atom. The number of rotatable bonds is 5. The van der Waals surface area contributed by atoms with Crippen molar-refractivity contribution in [3.05, 3.63) is 12.2 Å². The lowest BCUT2D eigenvalue weighted by Gasteiger charge is -2.30. The lowest BCUT2D eigenvalue weighted by molar-refractivity contribution is -0.198. The Morgan fingerprint density at radius 1 is 0.920 bits per heavy atom. The Labute approximate surface area is 144 Å². The number of hydroxylamine groups is 2. The summed E-state index contributed by atoms with van der Waals surface area (Å²) in [6.45, 7) is 0.415. The Kier molecular flexibility index (Phi) is 4.96. The highest BCUT2D eigenvalue weighted by Gasteiger charge is 2.34. The van der Waals surface area contributed by atoms with Crippen LogP contribution in [-0.4, -0.2) is 46.1 Å². The number of carbonyl (C=O) groups excluding carboxylic acids is 5. The maximum atomic E-state index is 11.9. The maximum absolute atomic E-state index is 11.9. The van der Waals surface area contributed by atoms with Crippen LogP contribution in [0.3, 0.4) is 0 Å². The fraction of sp³-hybridized carbons (Fsp3) is 0.588. The second kappa shape index (κ2) is 7.16. The third-order valence-electron chi connectivity index (χ3n) is 4.96. The molecule has 0 radical (unpaired) electrons. The predicted octanol–water partition coefficient (Wildman–Crippen LogP) is 0.715. The van der Waals surface area contributed by atoms with Crippen LogP contribution in [0.2, 0.25) is 0 Å². The summed E-state index contributed by atoms with van der Waals surface area (Å²) in [6, 6.07) is 0. The average Bonchev–Trinajstić information content (AvgIpc) is 3.06. The van der Waals surface area contributed by atoms with Crippen molar-refractivity contribution in [1.29, 1.82) is 0 Å². The Hall–Kier alpha value is -2.51. The van der Waals surface area contributed by atoms with Crippen LogP contribution in [0.25, 0.3) is 0 Å². The molecule has 2 heterocycles. The fourth-order valence-electron chi connectivity index (χ4n) is 3.52. The van der Waals surface area contributed by atoms with Crippen molar-refractivity contribution in [2.45, 2.75) is 44.9 Å². The molecule has 8 nitrogen and oxygen atoms in total. The molecule has 3 aliphatic rings. The molecular formula is C17H20N2O6. The van der Waals surface area contributed by atoms with Gasteiger partial charge in [-0.15, -0.1) is 5.06 Å². The second-order valence-electron chi connectivity index (χ2n) is 6.76. The van der Waals surface area contributed by atoms with Gasteiger partial charge < -0.3 is 4.84 Å². The van der Waals surface area contributed by atoms with E-state index in [2.05, 4.69) is 0 Å². The first kappa shape index (κ1) is 17.3. The number of amides is 4. The second-order valence-corrected chi connectivity index (χ2v) is 6.76. The van der Waals surface area contributed by atoms with Crippen LogP contribution >= 0.6 is 0 Å². The average molecular weight is 348 g/mol. The molecule has 2 fully saturated rings. The van der Waals surface area contributed by atoms with Gasteiger partial charge in [-0.3, -0.25) is 24.1 Å². The van der Waals surface area contributed by atoms with E-state index in [0.717, 1.165) is 25.7 Å². The summed E-state index contributed by atoms with van der Waals surface area (Å²) in [7, 11) is 0. The van der Waals surface area contributed by atoms with E-state index >= 15 is 0 Å². The van der Waals surface area contributed by atoms with Gasteiger partial charge in [0, 0.05) is 31.5 Å². The lowest BCUT2D eigenvalue weighted by Crippen LogP contribution is -2.36. The van der Waals surface area contributed by atoms with Crippen molar-refractivity contribution < 1.29 is 28.8 Å². The maximum Gasteiger partial charge on any atom is 0.333 e. The highest BCUT2D eigenvalue weighted by atomic mass is 16.7. The molecule has 0 N–H and O–H groups in total. The Balaban J connectivity index is 1.41. The minimum atomic E-state index is -0.568. The van der Waals surface area contributed by atoms with E-state index in [1.807, 2.05) is 0 Å². The van der Waals surface area contributed by atoms with Gasteiger partial charge >= 0.3 is 5.97 Å². The summed E-state index contributed by atoms with van der Waals surface area (Å²) in [6.07, 6.45) is 6.09. The van der Waals surface area contributed by atoms with Crippen LogP contribution < -0.4 is 0 Å². The molecule has 8 heteroatoms. The summed E-state index contributed by atoms with van der Waals surface area (Å²) in [5, 5.41) is 0.575. The fourth-order valence-corrected chi connectivity index (χ4v) is 3.52. The molecule has 0 bridgehead atoms. The van der Waals surface area contributed by atoms with Gasteiger partial charge in [0.1, 0.15) is 0 Å². The molecule has 0 atom stereocenters. The van der Waals surface area contributed by atoms with Crippen molar-refractivity contribution in [1.82, 2.24) is 9.96 Å². The third-order valence-corrected chi connectivity index (χ3v) is 4.96. The topological polar surface area (TPSA) is 101 Å². The molecule has 3 rings (SSSR count). The predicted molar refractivity (Wildman–Crippen MR) is 83.1 cm³/mol. The number of hydrogen-bond acceptors (Lipinski definition) is 6. The zero-order valence-electron chi connectivity index (χ0n) is 13.8. The van der Waals surface area contributed by atoms with E-state index < -0.39 is 17.8 Å². The molecule has 2 aliphatic heterocycles. The first-order valence-corrected chi connectivity index (χ1v) is 8.54. The molecule has 134 valence electrons. The summed E-state index contributed by atoms with van der Waals surface area (Å²) in [4.78, 5) is 64.1. The molecule has 1 saturated carbocycles. The van der Waals surface area contributed by atoms with E-state index in [-0.39, 0.29) is 42.9 Å². The molecule has 0 aromatic heterocycles. The molecule has 0 unspecified atom stereocenters. The van der Waals surface area contributed by atoms with Crippen molar-refractivity contribution >= 4 is 29.6 Å². The van der Waals surface area contributed by atoms with Crippen molar-refractivity contribution in [2.75, 3.05) is 6.54 Å². The summed E-state index contributed by atoms with van der Waals surface area (Å²) in [5.41, 5.74) is 0. The van der Waals surface area contributed by atoms with Gasteiger partial charge in [0.2, 0.25) is 0 Å². The minimum absolute atomic E-state index is 0.0834. The van der Waals surface area contributed by atoms with E-state index in [1.165, 1.54) is 17.1 Å². The van der Waals surface area contributed by atoms with Gasteiger partial charge in [-0.1, -0.05) is 0 Å². The van der Waals surface area contributed by atoms with Crippen molar-refractivity contribution in [2.24, 2.45) is 11.8 Å². The zero-order valence-corrected chi connectivity index (χ0v) is 13.8. The Bertz CT molecular complexity index is 614. The van der Waals surface area contributed by atoms with Gasteiger partial charge in [0.05, 0.1) is 6.42 Å².